The standard InChI is InChI=1S/C18H19N3O2/c1-13-5-4-6-15(11-13)18-19-17(20-21(18)12-22-2)14-7-9-16(23-3)10-8-14/h4-11H,12H2,1-3H3. The Bertz CT molecular complexity index is 794. The van der Waals surface area contributed by atoms with Crippen LogP contribution in [0.25, 0.3) is 22.8 Å². The number of methoxy groups -OCH3 is 2. The first kappa shape index (κ1) is 15.2. The van der Waals surface area contributed by atoms with Crippen LogP contribution in [0.4, 0.5) is 0 Å². The number of nitrogens with zero attached hydrogens (tertiary/aromatic N) is 3. The Hall–Kier alpha value is -2.66. The molecule has 0 spiro atoms. The van der Waals surface area contributed by atoms with Crippen LogP contribution >= 0.6 is 0 Å². The predicted molar refractivity (Wildman–Crippen MR) is 89.2 cm³/mol. The molecule has 0 fully saturated rings. The van der Waals surface area contributed by atoms with E-state index in [1.807, 2.05) is 36.4 Å². The molecule has 118 valence electrons. The lowest BCUT2D eigenvalue weighted by molar-refractivity contribution is 0.122. The summed E-state index contributed by atoms with van der Waals surface area (Å²) in [6.45, 7) is 2.41. The van der Waals surface area contributed by atoms with E-state index in [-0.39, 0.29) is 0 Å². The van der Waals surface area contributed by atoms with Gasteiger partial charge in [-0.2, -0.15) is 0 Å². The van der Waals surface area contributed by atoms with E-state index in [1.54, 1.807) is 18.9 Å². The van der Waals surface area contributed by atoms with Crippen molar-refractivity contribution in [3.05, 3.63) is 54.1 Å². The van der Waals surface area contributed by atoms with Gasteiger partial charge in [-0.25, -0.2) is 9.67 Å². The average molecular weight is 309 g/mol. The van der Waals surface area contributed by atoms with Crippen molar-refractivity contribution >= 4 is 0 Å². The molecule has 0 atom stereocenters. The molecule has 0 aliphatic carbocycles. The molecule has 3 aromatic rings. The number of hydrogen-bond acceptors (Lipinski definition) is 4. The first-order valence-electron chi connectivity index (χ1n) is 7.36. The summed E-state index contributed by atoms with van der Waals surface area (Å²) in [5, 5.41) is 4.57. The van der Waals surface area contributed by atoms with Gasteiger partial charge in [-0.3, -0.25) is 0 Å². The second-order valence-corrected chi connectivity index (χ2v) is 5.27. The Morgan fingerprint density at radius 1 is 1.00 bits per heavy atom. The zero-order chi connectivity index (χ0) is 16.2. The molecule has 0 N–H and O–H groups in total. The average Bonchev–Trinajstić information content (AvgIpc) is 2.99. The van der Waals surface area contributed by atoms with Crippen molar-refractivity contribution in [1.29, 1.82) is 0 Å². The van der Waals surface area contributed by atoms with E-state index >= 15 is 0 Å². The van der Waals surface area contributed by atoms with E-state index in [4.69, 9.17) is 14.5 Å². The summed E-state index contributed by atoms with van der Waals surface area (Å²) >= 11 is 0. The second kappa shape index (κ2) is 6.62. The summed E-state index contributed by atoms with van der Waals surface area (Å²) in [4.78, 5) is 4.70. The molecular formula is C18H19N3O2. The van der Waals surface area contributed by atoms with E-state index < -0.39 is 0 Å². The van der Waals surface area contributed by atoms with Crippen molar-refractivity contribution in [3.8, 4) is 28.5 Å². The quantitative estimate of drug-likeness (QED) is 0.723. The van der Waals surface area contributed by atoms with E-state index in [0.29, 0.717) is 12.6 Å². The van der Waals surface area contributed by atoms with Crippen molar-refractivity contribution in [2.45, 2.75) is 13.7 Å². The number of aromatic nitrogens is 3. The Labute approximate surface area is 135 Å². The SMILES string of the molecule is COCn1nc(-c2ccc(OC)cc2)nc1-c1cccc(C)c1. The Morgan fingerprint density at radius 3 is 2.43 bits per heavy atom. The summed E-state index contributed by atoms with van der Waals surface area (Å²) in [6.07, 6.45) is 0. The van der Waals surface area contributed by atoms with Gasteiger partial charge in [-0.15, -0.1) is 5.10 Å². The highest BCUT2D eigenvalue weighted by atomic mass is 16.5. The Morgan fingerprint density at radius 2 is 1.78 bits per heavy atom. The normalized spacial score (nSPS) is 10.7. The molecule has 0 amide bonds. The van der Waals surface area contributed by atoms with E-state index in [1.165, 1.54) is 5.56 Å². The molecule has 5 heteroatoms. The highest BCUT2D eigenvalue weighted by molar-refractivity contribution is 5.62. The van der Waals surface area contributed by atoms with Gasteiger partial charge in [-0.05, 0) is 37.3 Å². The topological polar surface area (TPSA) is 49.2 Å². The largest absolute Gasteiger partial charge is 0.497 e. The van der Waals surface area contributed by atoms with Crippen LogP contribution < -0.4 is 4.74 Å². The Kier molecular flexibility index (Phi) is 4.39. The summed E-state index contributed by atoms with van der Waals surface area (Å²) in [5.74, 6) is 2.27. The van der Waals surface area contributed by atoms with Crippen LogP contribution in [0.3, 0.4) is 0 Å². The fraction of sp³-hybridized carbons (Fsp3) is 0.222. The predicted octanol–water partition coefficient (Wildman–Crippen LogP) is 3.53. The van der Waals surface area contributed by atoms with Gasteiger partial charge in [0.05, 0.1) is 7.11 Å². The third-order valence-corrected chi connectivity index (χ3v) is 3.55. The number of benzene rings is 2. The highest BCUT2D eigenvalue weighted by Crippen LogP contribution is 2.24. The summed E-state index contributed by atoms with van der Waals surface area (Å²) in [7, 11) is 3.30. The second-order valence-electron chi connectivity index (χ2n) is 5.27. The maximum atomic E-state index is 5.25. The van der Waals surface area contributed by atoms with Gasteiger partial charge in [0.25, 0.3) is 0 Å². The van der Waals surface area contributed by atoms with E-state index in [2.05, 4.69) is 24.2 Å². The lowest BCUT2D eigenvalue weighted by Gasteiger charge is -2.04. The van der Waals surface area contributed by atoms with Crippen LogP contribution in [0.2, 0.25) is 0 Å². The van der Waals surface area contributed by atoms with E-state index in [9.17, 15) is 0 Å². The van der Waals surface area contributed by atoms with Gasteiger partial charge in [0.2, 0.25) is 0 Å². The van der Waals surface area contributed by atoms with E-state index in [0.717, 1.165) is 22.7 Å². The smallest absolute Gasteiger partial charge is 0.181 e. The minimum absolute atomic E-state index is 0.354. The molecule has 0 aliphatic rings. The molecule has 3 rings (SSSR count). The minimum atomic E-state index is 0.354. The van der Waals surface area contributed by atoms with Crippen LogP contribution in [0.15, 0.2) is 48.5 Å². The molecule has 5 nitrogen and oxygen atoms in total. The van der Waals surface area contributed by atoms with Gasteiger partial charge >= 0.3 is 0 Å². The Balaban J connectivity index is 2.04. The fourth-order valence-corrected chi connectivity index (χ4v) is 2.41. The monoisotopic (exact) mass is 309 g/mol. The van der Waals surface area contributed by atoms with Crippen molar-refractivity contribution in [3.63, 3.8) is 0 Å². The zero-order valence-electron chi connectivity index (χ0n) is 13.5. The van der Waals surface area contributed by atoms with Crippen molar-refractivity contribution < 1.29 is 9.47 Å². The molecule has 0 saturated heterocycles. The molecule has 0 aliphatic heterocycles. The maximum absolute atomic E-state index is 5.25. The van der Waals surface area contributed by atoms with Gasteiger partial charge < -0.3 is 9.47 Å². The van der Waals surface area contributed by atoms with Crippen molar-refractivity contribution in [2.24, 2.45) is 0 Å². The highest BCUT2D eigenvalue weighted by Gasteiger charge is 2.13. The zero-order valence-corrected chi connectivity index (χ0v) is 13.5. The third-order valence-electron chi connectivity index (χ3n) is 3.55. The molecule has 23 heavy (non-hydrogen) atoms. The summed E-state index contributed by atoms with van der Waals surface area (Å²) < 4.78 is 12.2. The van der Waals surface area contributed by atoms with Crippen LogP contribution in [-0.2, 0) is 11.5 Å². The molecule has 0 bridgehead atoms. The molecule has 2 aromatic carbocycles. The summed E-state index contributed by atoms with van der Waals surface area (Å²) in [5.41, 5.74) is 3.14. The first-order valence-corrected chi connectivity index (χ1v) is 7.36. The molecule has 0 radical (unpaired) electrons. The minimum Gasteiger partial charge on any atom is -0.497 e. The first-order chi connectivity index (χ1) is 11.2. The van der Waals surface area contributed by atoms with Gasteiger partial charge in [0, 0.05) is 18.2 Å². The maximum Gasteiger partial charge on any atom is 0.181 e. The number of ether oxygens (including phenoxy) is 2. The van der Waals surface area contributed by atoms with Crippen LogP contribution in [0, 0.1) is 6.92 Å². The number of aryl methyl sites for hydroxylation is 1. The molecular weight excluding hydrogens is 290 g/mol. The fourth-order valence-electron chi connectivity index (χ4n) is 2.41. The molecule has 0 unspecified atom stereocenters. The van der Waals surface area contributed by atoms with Gasteiger partial charge in [0.15, 0.2) is 11.6 Å². The van der Waals surface area contributed by atoms with Crippen LogP contribution in [0.5, 0.6) is 5.75 Å². The summed E-state index contributed by atoms with van der Waals surface area (Å²) in [6, 6.07) is 15.9. The van der Waals surface area contributed by atoms with Crippen molar-refractivity contribution in [2.75, 3.05) is 14.2 Å². The van der Waals surface area contributed by atoms with Crippen LogP contribution in [-0.4, -0.2) is 29.0 Å². The van der Waals surface area contributed by atoms with Crippen molar-refractivity contribution in [1.82, 2.24) is 14.8 Å². The van der Waals surface area contributed by atoms with Gasteiger partial charge in [-0.1, -0.05) is 23.8 Å². The molecule has 0 saturated carbocycles. The van der Waals surface area contributed by atoms with Crippen LogP contribution in [0.1, 0.15) is 5.56 Å². The number of rotatable bonds is 5. The third kappa shape index (κ3) is 3.24. The number of hydrogen-bond donors (Lipinski definition) is 0. The lowest BCUT2D eigenvalue weighted by Crippen LogP contribution is -2.04. The van der Waals surface area contributed by atoms with Gasteiger partial charge in [0.1, 0.15) is 12.5 Å². The molecule has 1 aromatic heterocycles. The molecule has 1 heterocycles. The lowest BCUT2D eigenvalue weighted by atomic mass is 10.1.